The molecule has 2 bridgehead atoms. The molecule has 1 nitrogen and oxygen atoms in total. The van der Waals surface area contributed by atoms with Crippen LogP contribution in [0, 0.1) is 11.8 Å². The standard InChI is InChI=1S/C16H14O/c1-2-5-10-9(4-1)11-8-12-14(10)16(12)15(11)13-6-3-7-17-13/h1-7,11-12,14-16H,8H2/t11?,12?,14?,15-,16?/m0/s1. The van der Waals surface area contributed by atoms with Crippen LogP contribution in [0.1, 0.15) is 41.1 Å². The molecule has 0 spiro atoms. The molecule has 5 atom stereocenters. The second kappa shape index (κ2) is 2.66. The van der Waals surface area contributed by atoms with Gasteiger partial charge in [0.15, 0.2) is 0 Å². The maximum absolute atomic E-state index is 5.68. The molecule has 3 aliphatic rings. The van der Waals surface area contributed by atoms with Crippen LogP contribution in [-0.2, 0) is 0 Å². The smallest absolute Gasteiger partial charge is 0.107 e. The topological polar surface area (TPSA) is 13.1 Å². The minimum absolute atomic E-state index is 0.662. The van der Waals surface area contributed by atoms with Gasteiger partial charge in [-0.3, -0.25) is 0 Å². The van der Waals surface area contributed by atoms with E-state index in [0.717, 1.165) is 23.7 Å². The first-order valence-corrected chi connectivity index (χ1v) is 6.57. The Morgan fingerprint density at radius 3 is 2.65 bits per heavy atom. The minimum Gasteiger partial charge on any atom is -0.469 e. The second-order valence-electron chi connectivity index (χ2n) is 5.78. The van der Waals surface area contributed by atoms with E-state index < -0.39 is 0 Å². The lowest BCUT2D eigenvalue weighted by molar-refractivity contribution is 0.392. The molecule has 1 aromatic carbocycles. The Balaban J connectivity index is 1.70. The van der Waals surface area contributed by atoms with Gasteiger partial charge in [0, 0.05) is 5.92 Å². The lowest BCUT2D eigenvalue weighted by atomic mass is 9.73. The van der Waals surface area contributed by atoms with Gasteiger partial charge in [-0.2, -0.15) is 0 Å². The van der Waals surface area contributed by atoms with Gasteiger partial charge in [0.1, 0.15) is 5.76 Å². The molecule has 0 aliphatic heterocycles. The van der Waals surface area contributed by atoms with Crippen molar-refractivity contribution in [3.05, 3.63) is 59.5 Å². The average molecular weight is 222 g/mol. The van der Waals surface area contributed by atoms with Crippen LogP contribution in [0.15, 0.2) is 47.1 Å². The Kier molecular flexibility index (Phi) is 1.34. The molecule has 84 valence electrons. The van der Waals surface area contributed by atoms with Crippen LogP contribution >= 0.6 is 0 Å². The molecule has 0 amide bonds. The lowest BCUT2D eigenvalue weighted by Crippen LogP contribution is -2.18. The molecule has 1 heteroatoms. The first-order chi connectivity index (χ1) is 8.45. The van der Waals surface area contributed by atoms with E-state index in [1.165, 1.54) is 12.2 Å². The molecule has 17 heavy (non-hydrogen) atoms. The van der Waals surface area contributed by atoms with Crippen molar-refractivity contribution < 1.29 is 4.42 Å². The van der Waals surface area contributed by atoms with Gasteiger partial charge in [0.05, 0.1) is 6.26 Å². The monoisotopic (exact) mass is 222 g/mol. The number of furan rings is 1. The van der Waals surface area contributed by atoms with E-state index in [1.54, 1.807) is 11.1 Å². The number of hydrogen-bond donors (Lipinski definition) is 0. The first kappa shape index (κ1) is 8.57. The number of fused-ring (bicyclic) bond motifs is 5. The summed E-state index contributed by atoms with van der Waals surface area (Å²) >= 11 is 0. The third-order valence-corrected chi connectivity index (χ3v) is 5.23. The van der Waals surface area contributed by atoms with Gasteiger partial charge in [-0.15, -0.1) is 0 Å². The van der Waals surface area contributed by atoms with Gasteiger partial charge in [-0.05, 0) is 53.4 Å². The van der Waals surface area contributed by atoms with E-state index >= 15 is 0 Å². The maximum Gasteiger partial charge on any atom is 0.107 e. The highest BCUT2D eigenvalue weighted by Crippen LogP contribution is 2.76. The highest BCUT2D eigenvalue weighted by molar-refractivity contribution is 5.50. The lowest BCUT2D eigenvalue weighted by Gasteiger charge is -2.31. The van der Waals surface area contributed by atoms with Crippen molar-refractivity contribution in [1.29, 1.82) is 0 Å². The van der Waals surface area contributed by atoms with Crippen molar-refractivity contribution >= 4 is 0 Å². The van der Waals surface area contributed by atoms with Crippen molar-refractivity contribution in [3.63, 3.8) is 0 Å². The molecule has 2 saturated carbocycles. The van der Waals surface area contributed by atoms with Crippen LogP contribution in [-0.4, -0.2) is 0 Å². The predicted octanol–water partition coefficient (Wildman–Crippen LogP) is 3.89. The van der Waals surface area contributed by atoms with Gasteiger partial charge >= 0.3 is 0 Å². The molecule has 4 unspecified atom stereocenters. The van der Waals surface area contributed by atoms with Crippen molar-refractivity contribution in [2.45, 2.75) is 24.2 Å². The molecule has 0 saturated heterocycles. The van der Waals surface area contributed by atoms with E-state index in [-0.39, 0.29) is 0 Å². The third kappa shape index (κ3) is 0.888. The largest absolute Gasteiger partial charge is 0.469 e. The Hall–Kier alpha value is -1.50. The number of rotatable bonds is 1. The van der Waals surface area contributed by atoms with Gasteiger partial charge < -0.3 is 4.42 Å². The molecule has 2 fully saturated rings. The fourth-order valence-corrected chi connectivity index (χ4v) is 4.68. The molecule has 0 N–H and O–H groups in total. The Bertz CT molecular complexity index is 583. The minimum atomic E-state index is 0.662. The van der Waals surface area contributed by atoms with E-state index in [4.69, 9.17) is 4.42 Å². The van der Waals surface area contributed by atoms with Crippen molar-refractivity contribution in [2.24, 2.45) is 11.8 Å². The third-order valence-electron chi connectivity index (χ3n) is 5.23. The summed E-state index contributed by atoms with van der Waals surface area (Å²) in [5, 5.41) is 0. The molecule has 5 rings (SSSR count). The van der Waals surface area contributed by atoms with E-state index in [0.29, 0.717) is 5.92 Å². The summed E-state index contributed by atoms with van der Waals surface area (Å²) in [6.07, 6.45) is 3.21. The van der Waals surface area contributed by atoms with E-state index in [9.17, 15) is 0 Å². The Labute approximate surface area is 100 Å². The summed E-state index contributed by atoms with van der Waals surface area (Å²) in [7, 11) is 0. The average Bonchev–Trinajstić information content (AvgIpc) is 2.79. The van der Waals surface area contributed by atoms with Crippen molar-refractivity contribution in [3.8, 4) is 0 Å². The van der Waals surface area contributed by atoms with Crippen LogP contribution in [0.3, 0.4) is 0 Å². The van der Waals surface area contributed by atoms with Crippen LogP contribution in [0.4, 0.5) is 0 Å². The van der Waals surface area contributed by atoms with E-state index in [1.807, 2.05) is 12.3 Å². The predicted molar refractivity (Wildman–Crippen MR) is 65.0 cm³/mol. The molecule has 3 aliphatic carbocycles. The van der Waals surface area contributed by atoms with Gasteiger partial charge in [-0.1, -0.05) is 24.3 Å². The molecular weight excluding hydrogens is 208 g/mol. The quantitative estimate of drug-likeness (QED) is 0.713. The summed E-state index contributed by atoms with van der Waals surface area (Å²) in [5.41, 5.74) is 3.24. The molecule has 1 heterocycles. The number of hydrogen-bond acceptors (Lipinski definition) is 1. The van der Waals surface area contributed by atoms with Crippen LogP contribution in [0.25, 0.3) is 0 Å². The van der Waals surface area contributed by atoms with Crippen LogP contribution < -0.4 is 0 Å². The summed E-state index contributed by atoms with van der Waals surface area (Å²) in [6, 6.07) is 13.3. The Morgan fingerprint density at radius 2 is 1.82 bits per heavy atom. The highest BCUT2D eigenvalue weighted by Gasteiger charge is 2.67. The zero-order chi connectivity index (χ0) is 11.0. The van der Waals surface area contributed by atoms with Crippen LogP contribution in [0.5, 0.6) is 0 Å². The normalized spacial score (nSPS) is 40.1. The molecular formula is C16H14O. The first-order valence-electron chi connectivity index (χ1n) is 6.57. The summed E-state index contributed by atoms with van der Waals surface area (Å²) in [5.74, 6) is 5.27. The van der Waals surface area contributed by atoms with Gasteiger partial charge in [0.2, 0.25) is 0 Å². The summed E-state index contributed by atoms with van der Waals surface area (Å²) < 4.78 is 5.68. The molecule has 1 aromatic heterocycles. The number of benzene rings is 1. The highest BCUT2D eigenvalue weighted by atomic mass is 16.3. The maximum atomic E-state index is 5.68. The summed E-state index contributed by atoms with van der Waals surface area (Å²) in [6.45, 7) is 0. The van der Waals surface area contributed by atoms with E-state index in [2.05, 4.69) is 30.3 Å². The SMILES string of the molecule is c1coc([C@@H]2C3CC4C(c5ccccc53)C42)c1. The van der Waals surface area contributed by atoms with Gasteiger partial charge in [-0.25, -0.2) is 0 Å². The van der Waals surface area contributed by atoms with Crippen LogP contribution in [0.2, 0.25) is 0 Å². The van der Waals surface area contributed by atoms with Crippen molar-refractivity contribution in [1.82, 2.24) is 0 Å². The fourth-order valence-electron chi connectivity index (χ4n) is 4.68. The van der Waals surface area contributed by atoms with Gasteiger partial charge in [0.25, 0.3) is 0 Å². The zero-order valence-electron chi connectivity index (χ0n) is 9.54. The summed E-state index contributed by atoms with van der Waals surface area (Å²) in [4.78, 5) is 0. The zero-order valence-corrected chi connectivity index (χ0v) is 9.54. The fraction of sp³-hybridized carbons (Fsp3) is 0.375. The molecule has 0 radical (unpaired) electrons. The second-order valence-corrected chi connectivity index (χ2v) is 5.78. The molecule has 2 aromatic rings. The van der Waals surface area contributed by atoms with Crippen molar-refractivity contribution in [2.75, 3.05) is 0 Å². The Morgan fingerprint density at radius 1 is 0.941 bits per heavy atom.